The molecule has 0 bridgehead atoms. The van der Waals surface area contributed by atoms with E-state index >= 15 is 0 Å². The number of nitrogens with zero attached hydrogens (tertiary/aromatic N) is 1. The molecule has 0 aromatic heterocycles. The van der Waals surface area contributed by atoms with Crippen molar-refractivity contribution < 1.29 is 0 Å². The van der Waals surface area contributed by atoms with Crippen LogP contribution in [0.15, 0.2) is 60.7 Å². The van der Waals surface area contributed by atoms with Crippen molar-refractivity contribution in [2.24, 2.45) is 0 Å². The molecule has 1 aliphatic heterocycles. The lowest BCUT2D eigenvalue weighted by atomic mass is 10.2. The van der Waals surface area contributed by atoms with Crippen LogP contribution in [-0.2, 0) is 0 Å². The summed E-state index contributed by atoms with van der Waals surface area (Å²) in [6, 6.07) is 25.6. The van der Waals surface area contributed by atoms with E-state index in [4.69, 9.17) is 0 Å². The van der Waals surface area contributed by atoms with E-state index in [0.29, 0.717) is 0 Å². The van der Waals surface area contributed by atoms with E-state index in [-0.39, 0.29) is 0 Å². The van der Waals surface area contributed by atoms with Crippen LogP contribution >= 0.6 is 0 Å². The monoisotopic (exact) mass is 326 g/mol. The fraction of sp³-hybridized carbons (Fsp3) is 0.368. The summed E-state index contributed by atoms with van der Waals surface area (Å²) in [5.41, 5.74) is 3.06. The Labute approximate surface area is 137 Å². The molecule has 0 spiro atoms. The van der Waals surface area contributed by atoms with Crippen LogP contribution in [0.4, 0.5) is 11.4 Å². The zero-order chi connectivity index (χ0) is 15.8. The molecule has 1 saturated heterocycles. The maximum absolute atomic E-state index is 2.61. The molecule has 1 nitrogen and oxygen atoms in total. The molecule has 0 unspecified atom stereocenters. The molecular weight excluding hydrogens is 298 g/mol. The van der Waals surface area contributed by atoms with Crippen molar-refractivity contribution in [3.05, 3.63) is 60.7 Å². The van der Waals surface area contributed by atoms with Gasteiger partial charge in [0.05, 0.1) is 0 Å². The summed E-state index contributed by atoms with van der Waals surface area (Å²) in [7, 11) is -2.98. The fourth-order valence-electron chi connectivity index (χ4n) is 4.96. The highest BCUT2D eigenvalue weighted by Crippen LogP contribution is 2.52. The molecule has 1 aliphatic rings. The Morgan fingerprint density at radius 1 is 0.636 bits per heavy atom. The molecule has 0 amide bonds. The molecule has 1 heterocycles. The van der Waals surface area contributed by atoms with Gasteiger partial charge in [0.25, 0.3) is 16.5 Å². The van der Waals surface area contributed by atoms with Crippen LogP contribution in [0.3, 0.4) is 0 Å². The van der Waals surface area contributed by atoms with Gasteiger partial charge in [-0.2, -0.15) is 0 Å². The van der Waals surface area contributed by atoms with Crippen LogP contribution in [-0.4, -0.2) is 16.5 Å². The molecule has 2 aromatic rings. The van der Waals surface area contributed by atoms with Crippen LogP contribution in [0.2, 0.25) is 38.3 Å². The first-order valence-electron chi connectivity index (χ1n) is 8.42. The topological polar surface area (TPSA) is 0 Å². The quantitative estimate of drug-likeness (QED) is 0.581. The van der Waals surface area contributed by atoms with Crippen molar-refractivity contribution in [1.82, 2.24) is 3.81 Å². The molecule has 1 fully saturated rings. The van der Waals surface area contributed by atoms with Gasteiger partial charge < -0.3 is 3.81 Å². The second-order valence-electron chi connectivity index (χ2n) is 7.82. The first kappa shape index (κ1) is 15.7. The number of hydrogen-bond acceptors (Lipinski definition) is 0. The van der Waals surface area contributed by atoms with E-state index < -0.39 is 16.5 Å². The van der Waals surface area contributed by atoms with Crippen LogP contribution in [0.1, 0.15) is 6.42 Å². The lowest BCUT2D eigenvalue weighted by Gasteiger charge is -2.60. The van der Waals surface area contributed by atoms with Crippen molar-refractivity contribution in [3.63, 3.8) is 0 Å². The number of rotatable bonds is 2. The molecule has 2 aromatic carbocycles. The lowest BCUT2D eigenvalue weighted by molar-refractivity contribution is 0.717. The average Bonchev–Trinajstić information content (AvgIpc) is 2.48. The fourth-order valence-corrected chi connectivity index (χ4v) is 18.7. The van der Waals surface area contributed by atoms with E-state index in [1.54, 1.807) is 0 Å². The van der Waals surface area contributed by atoms with E-state index in [2.05, 4.69) is 86.9 Å². The zero-order valence-corrected chi connectivity index (χ0v) is 16.3. The third kappa shape index (κ3) is 2.15. The molecule has 0 aliphatic carbocycles. The van der Waals surface area contributed by atoms with Gasteiger partial charge in [0.15, 0.2) is 0 Å². The molecule has 0 atom stereocenters. The first-order chi connectivity index (χ1) is 10.4. The Hall–Kier alpha value is -1.17. The Morgan fingerprint density at radius 3 is 1.36 bits per heavy atom. The summed E-state index contributed by atoms with van der Waals surface area (Å²) in [6.45, 7) is 10.4. The van der Waals surface area contributed by atoms with Gasteiger partial charge in [0.1, 0.15) is 11.4 Å². The van der Waals surface area contributed by atoms with Gasteiger partial charge in [-0.15, -0.1) is 0 Å². The summed E-state index contributed by atoms with van der Waals surface area (Å²) < 4.78 is 1.21. The van der Waals surface area contributed by atoms with Gasteiger partial charge in [-0.25, -0.2) is 0 Å². The molecule has 3 rings (SSSR count). The van der Waals surface area contributed by atoms with Gasteiger partial charge in [-0.3, -0.25) is 0 Å². The zero-order valence-electron chi connectivity index (χ0n) is 14.3. The number of quaternary nitrogens is 1. The molecule has 0 N–H and O–H groups in total. The third-order valence-corrected chi connectivity index (χ3v) is 17.1. The summed E-state index contributed by atoms with van der Waals surface area (Å²) >= 11 is 0. The first-order valence-corrected chi connectivity index (χ1v) is 14.7. The Morgan fingerprint density at radius 2 is 1.00 bits per heavy atom. The lowest BCUT2D eigenvalue weighted by Crippen LogP contribution is -2.77. The van der Waals surface area contributed by atoms with Crippen molar-refractivity contribution in [3.8, 4) is 0 Å². The van der Waals surface area contributed by atoms with Crippen molar-refractivity contribution in [2.45, 2.75) is 44.7 Å². The van der Waals surface area contributed by atoms with E-state index in [0.717, 1.165) is 0 Å². The van der Waals surface area contributed by atoms with Crippen molar-refractivity contribution in [1.29, 1.82) is 0 Å². The predicted molar refractivity (Wildman–Crippen MR) is 104 cm³/mol. The molecule has 116 valence electrons. The number of benzene rings is 2. The van der Waals surface area contributed by atoms with Crippen molar-refractivity contribution in [2.75, 3.05) is 0 Å². The summed E-state index contributed by atoms with van der Waals surface area (Å²) in [6.07, 6.45) is 1.43. The second-order valence-corrected chi connectivity index (χ2v) is 17.9. The Kier molecular flexibility index (Phi) is 3.91. The molecule has 22 heavy (non-hydrogen) atoms. The molecule has 3 heteroatoms. The normalized spacial score (nSPS) is 22.2. The minimum atomic E-state index is -1.49. The standard InChI is InChI=1S/C19H28NSi2/c1-21(2)16-11-17-22(3,4)20(21,18-12-7-5-8-13-18)19-14-9-6-10-15-19/h5-10,12-15H,11,16-17H2,1-4H3/q+1. The maximum atomic E-state index is 2.61. The molecular formula is C19H28NSi2+. The van der Waals surface area contributed by atoms with E-state index in [1.165, 1.54) is 33.7 Å². The Balaban J connectivity index is 2.36. The SMILES string of the molecule is C[Si]1(C)CCC[Si](C)(C)[N+]1(c1ccccc1)c1ccccc1. The minimum Gasteiger partial charge on any atom is -0.379 e. The van der Waals surface area contributed by atoms with E-state index in [1.807, 2.05) is 0 Å². The average molecular weight is 327 g/mol. The number of hydrogen-bond donors (Lipinski definition) is 0. The van der Waals surface area contributed by atoms with Gasteiger partial charge in [0.2, 0.25) is 0 Å². The highest BCUT2D eigenvalue weighted by molar-refractivity contribution is 6.98. The second kappa shape index (κ2) is 5.48. The number of para-hydroxylation sites is 2. The van der Waals surface area contributed by atoms with Gasteiger partial charge in [0, 0.05) is 0 Å². The van der Waals surface area contributed by atoms with E-state index in [9.17, 15) is 0 Å². The summed E-state index contributed by atoms with van der Waals surface area (Å²) in [5, 5.41) is 0. The van der Waals surface area contributed by atoms with Crippen LogP contribution in [0.5, 0.6) is 0 Å². The molecule has 0 saturated carbocycles. The highest BCUT2D eigenvalue weighted by Gasteiger charge is 2.61. The third-order valence-electron chi connectivity index (χ3n) is 5.68. The molecule has 0 radical (unpaired) electrons. The highest BCUT2D eigenvalue weighted by atomic mass is 28.4. The van der Waals surface area contributed by atoms with Crippen LogP contribution in [0, 0.1) is 0 Å². The predicted octanol–water partition coefficient (Wildman–Crippen LogP) is 6.14. The van der Waals surface area contributed by atoms with Crippen LogP contribution in [0.25, 0.3) is 0 Å². The minimum absolute atomic E-state index is 1.21. The van der Waals surface area contributed by atoms with Gasteiger partial charge in [-0.1, -0.05) is 36.4 Å². The maximum Gasteiger partial charge on any atom is 0.272 e. The van der Waals surface area contributed by atoms with Crippen LogP contribution < -0.4 is 3.81 Å². The smallest absolute Gasteiger partial charge is 0.272 e. The van der Waals surface area contributed by atoms with Crippen molar-refractivity contribution >= 4 is 27.8 Å². The van der Waals surface area contributed by atoms with Gasteiger partial charge >= 0.3 is 0 Å². The summed E-state index contributed by atoms with van der Waals surface area (Å²) in [5.74, 6) is 0. The summed E-state index contributed by atoms with van der Waals surface area (Å²) in [4.78, 5) is 0. The Bertz CT molecular complexity index is 577. The largest absolute Gasteiger partial charge is 0.379 e. The van der Waals surface area contributed by atoms with Gasteiger partial charge in [-0.05, 0) is 69.0 Å².